The van der Waals surface area contributed by atoms with Gasteiger partial charge < -0.3 is 4.74 Å². The van der Waals surface area contributed by atoms with Crippen molar-refractivity contribution in [1.29, 1.82) is 0 Å². The van der Waals surface area contributed by atoms with Gasteiger partial charge in [-0.1, -0.05) is 39.0 Å². The number of unbranched alkanes of at least 4 members (excludes halogenated alkanes) is 1. The lowest BCUT2D eigenvalue weighted by Crippen LogP contribution is -2.31. The molecule has 1 heterocycles. The van der Waals surface area contributed by atoms with Crippen molar-refractivity contribution in [2.75, 3.05) is 0 Å². The summed E-state index contributed by atoms with van der Waals surface area (Å²) in [4.78, 5) is 0. The first-order valence-corrected chi connectivity index (χ1v) is 15.2. The van der Waals surface area contributed by atoms with Crippen molar-refractivity contribution in [2.24, 2.45) is 5.92 Å². The highest BCUT2D eigenvalue weighted by Gasteiger charge is 2.33. The second-order valence-electron chi connectivity index (χ2n) is 7.36. The second kappa shape index (κ2) is 10.3. The van der Waals surface area contributed by atoms with Gasteiger partial charge in [0.05, 0.1) is 0 Å². The molecule has 1 aliphatic heterocycles. The highest BCUT2D eigenvalue weighted by Crippen LogP contribution is 2.41. The summed E-state index contributed by atoms with van der Waals surface area (Å²) in [5.74, 6) is -2.33. The highest BCUT2D eigenvalue weighted by atomic mass is 127. The summed E-state index contributed by atoms with van der Waals surface area (Å²) >= 11 is 2.78. The van der Waals surface area contributed by atoms with E-state index in [0.29, 0.717) is 12.0 Å². The quantitative estimate of drug-likeness (QED) is 0.112. The van der Waals surface area contributed by atoms with Gasteiger partial charge in [-0.15, -0.1) is 21.8 Å². The van der Waals surface area contributed by atoms with Crippen LogP contribution in [0.3, 0.4) is 0 Å². The Kier molecular flexibility index (Phi) is 8.70. The van der Waals surface area contributed by atoms with Crippen LogP contribution in [0.1, 0.15) is 51.0 Å². The minimum atomic E-state index is -3.23. The third kappa shape index (κ3) is 6.69. The number of aryl methyl sites for hydroxylation is 1. The SMILES string of the molecule is CCC[Si]1(I)CCC(CCCCc2cc(F)c(OC(F)F)c(F)c2)CC1. The molecular weight excluding hydrogens is 475 g/mol. The minimum absolute atomic E-state index is 0.492. The summed E-state index contributed by atoms with van der Waals surface area (Å²) in [6.07, 6.45) is 7.57. The Bertz CT molecular complexity index is 554. The fourth-order valence-electron chi connectivity index (χ4n) is 3.90. The van der Waals surface area contributed by atoms with Gasteiger partial charge in [-0.25, -0.2) is 8.78 Å². The van der Waals surface area contributed by atoms with E-state index in [0.717, 1.165) is 30.9 Å². The molecule has 1 fully saturated rings. The van der Waals surface area contributed by atoms with Crippen molar-refractivity contribution < 1.29 is 22.3 Å². The Hall–Kier alpha value is -0.313. The molecule has 7 heteroatoms. The van der Waals surface area contributed by atoms with Gasteiger partial charge in [-0.3, -0.25) is 0 Å². The molecule has 1 aromatic carbocycles. The van der Waals surface area contributed by atoms with Gasteiger partial charge in [-0.05, 0) is 54.6 Å². The maximum atomic E-state index is 13.7. The van der Waals surface area contributed by atoms with E-state index >= 15 is 0 Å². The van der Waals surface area contributed by atoms with E-state index in [4.69, 9.17) is 0 Å². The van der Waals surface area contributed by atoms with E-state index in [2.05, 4.69) is 33.5 Å². The zero-order chi connectivity index (χ0) is 19.2. The fourth-order valence-corrected chi connectivity index (χ4v) is 10.9. The molecule has 0 aliphatic carbocycles. The number of halogens is 5. The molecule has 1 aliphatic rings. The lowest BCUT2D eigenvalue weighted by Gasteiger charge is -2.34. The molecule has 0 N–H and O–H groups in total. The zero-order valence-electron chi connectivity index (χ0n) is 15.2. The minimum Gasteiger partial charge on any atom is -0.429 e. The lowest BCUT2D eigenvalue weighted by atomic mass is 9.94. The summed E-state index contributed by atoms with van der Waals surface area (Å²) in [5.41, 5.74) is -0.494. The molecule has 0 atom stereocenters. The average Bonchev–Trinajstić information content (AvgIpc) is 2.57. The van der Waals surface area contributed by atoms with Gasteiger partial charge in [0, 0.05) is 0 Å². The summed E-state index contributed by atoms with van der Waals surface area (Å²) in [6, 6.07) is 6.48. The molecule has 148 valence electrons. The normalized spacial score (nSPS) is 23.4. The Labute approximate surface area is 167 Å². The predicted molar refractivity (Wildman–Crippen MR) is 108 cm³/mol. The number of rotatable bonds is 9. The molecule has 0 bridgehead atoms. The Morgan fingerprint density at radius 1 is 1.15 bits per heavy atom. The molecule has 0 aromatic heterocycles. The van der Waals surface area contributed by atoms with Gasteiger partial charge >= 0.3 is 6.61 Å². The van der Waals surface area contributed by atoms with E-state index < -0.39 is 29.6 Å². The molecule has 0 unspecified atom stereocenters. The van der Waals surface area contributed by atoms with Gasteiger partial charge in [0.25, 0.3) is 0 Å². The number of alkyl halides is 2. The first kappa shape index (κ1) is 22.0. The first-order chi connectivity index (χ1) is 12.3. The number of benzene rings is 1. The Balaban J connectivity index is 1.74. The van der Waals surface area contributed by atoms with Crippen molar-refractivity contribution in [3.8, 4) is 5.75 Å². The average molecular weight is 502 g/mol. The summed E-state index contributed by atoms with van der Waals surface area (Å²) < 4.78 is 55.6. The van der Waals surface area contributed by atoms with E-state index in [-0.39, 0.29) is 0 Å². The van der Waals surface area contributed by atoms with Crippen molar-refractivity contribution in [3.63, 3.8) is 0 Å². The third-order valence-corrected chi connectivity index (χ3v) is 13.9. The van der Waals surface area contributed by atoms with Crippen molar-refractivity contribution in [2.45, 2.75) is 76.6 Å². The molecule has 0 spiro atoms. The van der Waals surface area contributed by atoms with Crippen LogP contribution in [0.4, 0.5) is 17.6 Å². The maximum Gasteiger partial charge on any atom is 0.387 e. The molecular formula is C19H27F4IOSi. The van der Waals surface area contributed by atoms with Gasteiger partial charge in [-0.2, -0.15) is 8.78 Å². The van der Waals surface area contributed by atoms with Crippen molar-refractivity contribution in [3.05, 3.63) is 29.3 Å². The van der Waals surface area contributed by atoms with Crippen LogP contribution < -0.4 is 4.74 Å². The molecule has 0 amide bonds. The number of hydrogen-bond donors (Lipinski definition) is 0. The monoisotopic (exact) mass is 502 g/mol. The smallest absolute Gasteiger partial charge is 0.387 e. The first-order valence-electron chi connectivity index (χ1n) is 9.44. The van der Waals surface area contributed by atoms with Crippen LogP contribution in [0.5, 0.6) is 5.75 Å². The fraction of sp³-hybridized carbons (Fsp3) is 0.684. The number of ether oxygens (including phenoxy) is 1. The van der Waals surface area contributed by atoms with Crippen molar-refractivity contribution in [1.82, 2.24) is 0 Å². The maximum absolute atomic E-state index is 13.7. The summed E-state index contributed by atoms with van der Waals surface area (Å²) in [5, 5.41) is 0. The molecule has 2 rings (SSSR count). The van der Waals surface area contributed by atoms with E-state index in [1.165, 1.54) is 43.8 Å². The van der Waals surface area contributed by atoms with Crippen LogP contribution in [0, 0.1) is 17.6 Å². The molecule has 1 aromatic rings. The zero-order valence-corrected chi connectivity index (χ0v) is 18.3. The van der Waals surface area contributed by atoms with Gasteiger partial charge in [0.1, 0.15) is 5.57 Å². The van der Waals surface area contributed by atoms with Crippen LogP contribution in [0.25, 0.3) is 0 Å². The largest absolute Gasteiger partial charge is 0.429 e. The lowest BCUT2D eigenvalue weighted by molar-refractivity contribution is -0.0546. The van der Waals surface area contributed by atoms with E-state index in [1.807, 2.05) is 0 Å². The Morgan fingerprint density at radius 3 is 2.31 bits per heavy atom. The van der Waals surface area contributed by atoms with Crippen molar-refractivity contribution >= 4 is 27.4 Å². The highest BCUT2D eigenvalue weighted by molar-refractivity contribution is 14.1. The summed E-state index contributed by atoms with van der Waals surface area (Å²) in [6.45, 7) is -0.959. The molecule has 1 saturated heterocycles. The third-order valence-electron chi connectivity index (χ3n) is 5.29. The van der Waals surface area contributed by atoms with Crippen LogP contribution in [0.15, 0.2) is 12.1 Å². The van der Waals surface area contributed by atoms with Crippen LogP contribution in [-0.2, 0) is 6.42 Å². The summed E-state index contributed by atoms with van der Waals surface area (Å²) in [7, 11) is 0. The molecule has 26 heavy (non-hydrogen) atoms. The number of hydrogen-bond acceptors (Lipinski definition) is 1. The van der Waals surface area contributed by atoms with Crippen LogP contribution in [-0.4, -0.2) is 12.2 Å². The Morgan fingerprint density at radius 2 is 1.77 bits per heavy atom. The molecule has 0 saturated carbocycles. The van der Waals surface area contributed by atoms with E-state index in [9.17, 15) is 17.6 Å². The second-order valence-corrected chi connectivity index (χ2v) is 18.0. The topological polar surface area (TPSA) is 9.23 Å². The van der Waals surface area contributed by atoms with E-state index in [1.54, 1.807) is 0 Å². The predicted octanol–water partition coefficient (Wildman–Crippen LogP) is 7.48. The van der Waals surface area contributed by atoms with Gasteiger partial charge in [0.2, 0.25) is 0 Å². The molecule has 1 nitrogen and oxygen atoms in total. The standard InChI is InChI=1S/C19H27F4IOSi/c1-2-9-26(24)10-7-14(8-11-26)5-3-4-6-15-12-16(20)18(17(21)13-15)25-19(22)23/h12-14,19H,2-11H2,1H3. The molecule has 0 radical (unpaired) electrons. The van der Waals surface area contributed by atoms with Crippen LogP contribution >= 0.6 is 21.8 Å². The van der Waals surface area contributed by atoms with Crippen LogP contribution in [0.2, 0.25) is 18.1 Å². The van der Waals surface area contributed by atoms with Gasteiger partial charge in [0.15, 0.2) is 17.4 Å².